The normalized spacial score (nSPS) is 16.2. The number of amides is 3. The molecule has 1 saturated heterocycles. The minimum absolute atomic E-state index is 0.206. The molecule has 0 unspecified atom stereocenters. The zero-order valence-electron chi connectivity index (χ0n) is 14.2. The number of anilines is 1. The first-order valence-corrected chi connectivity index (χ1v) is 8.85. The van der Waals surface area contributed by atoms with E-state index in [1.165, 1.54) is 17.2 Å². The summed E-state index contributed by atoms with van der Waals surface area (Å²) in [6.07, 6.45) is 3.55. The molecule has 1 fully saturated rings. The van der Waals surface area contributed by atoms with Gasteiger partial charge in [0.25, 0.3) is 0 Å². The maximum atomic E-state index is 12.3. The van der Waals surface area contributed by atoms with Crippen molar-refractivity contribution in [2.24, 2.45) is 0 Å². The fourth-order valence-corrected chi connectivity index (χ4v) is 3.69. The Bertz CT molecular complexity index is 832. The van der Waals surface area contributed by atoms with Crippen LogP contribution in [0.2, 0.25) is 0 Å². The number of aromatic nitrogens is 3. The number of carbonyl (C=O) groups is 3. The molecule has 2 aromatic heterocycles. The zero-order chi connectivity index (χ0) is 18.7. The van der Waals surface area contributed by atoms with E-state index in [-0.39, 0.29) is 18.1 Å². The second kappa shape index (κ2) is 7.52. The molecule has 11 heteroatoms. The lowest BCUT2D eigenvalue weighted by molar-refractivity contribution is -0.120. The Labute approximate surface area is 152 Å². The van der Waals surface area contributed by atoms with E-state index in [2.05, 4.69) is 26.1 Å². The smallest absolute Gasteiger partial charge is 0.341 e. The van der Waals surface area contributed by atoms with Gasteiger partial charge in [0.15, 0.2) is 0 Å². The van der Waals surface area contributed by atoms with Gasteiger partial charge in [-0.1, -0.05) is 11.3 Å². The number of carbonyl (C=O) groups excluding carboxylic acids is 3. The largest absolute Gasteiger partial charge is 0.462 e. The first-order chi connectivity index (χ1) is 12.5. The number of hydrogen-bond donors (Lipinski definition) is 3. The molecule has 3 rings (SSSR count). The van der Waals surface area contributed by atoms with E-state index in [1.54, 1.807) is 13.8 Å². The van der Waals surface area contributed by atoms with E-state index in [9.17, 15) is 14.4 Å². The molecule has 1 atom stereocenters. The molecule has 2 aromatic rings. The van der Waals surface area contributed by atoms with Crippen LogP contribution in [-0.4, -0.2) is 52.1 Å². The van der Waals surface area contributed by atoms with Crippen molar-refractivity contribution in [1.29, 1.82) is 0 Å². The van der Waals surface area contributed by atoms with Crippen LogP contribution in [-0.2, 0) is 9.53 Å². The Balaban J connectivity index is 1.86. The van der Waals surface area contributed by atoms with Crippen molar-refractivity contribution >= 4 is 34.2 Å². The number of nitrogens with zero attached hydrogens (tertiary/aromatic N) is 3. The maximum absolute atomic E-state index is 12.3. The fourth-order valence-electron chi connectivity index (χ4n) is 2.58. The van der Waals surface area contributed by atoms with Crippen LogP contribution in [0, 0.1) is 6.92 Å². The highest BCUT2D eigenvalue weighted by molar-refractivity contribution is 7.19. The molecule has 0 spiro atoms. The number of urea groups is 1. The molecular weight excluding hydrogens is 360 g/mol. The van der Waals surface area contributed by atoms with Crippen molar-refractivity contribution in [2.75, 3.05) is 18.5 Å². The minimum Gasteiger partial charge on any atom is -0.462 e. The van der Waals surface area contributed by atoms with E-state index >= 15 is 0 Å². The molecule has 0 aliphatic carbocycles. The zero-order valence-corrected chi connectivity index (χ0v) is 15.1. The third-order valence-corrected chi connectivity index (χ3v) is 4.96. The van der Waals surface area contributed by atoms with Gasteiger partial charge in [0.1, 0.15) is 16.0 Å². The Morgan fingerprint density at radius 3 is 2.77 bits per heavy atom. The first-order valence-electron chi connectivity index (χ1n) is 8.03. The standard InChI is InChI=1S/C15H18N6O4S/c1-3-25-14(23)10-8(2)13(21-17-6-7-18-21)26-12(10)20-15(24)19-9-4-5-16-11(9)22/h6-7,9H,3-5H2,1-2H3,(H,16,22)(H2,19,20,24)/t9-/m0/s1. The molecule has 0 radical (unpaired) electrons. The summed E-state index contributed by atoms with van der Waals surface area (Å²) >= 11 is 1.15. The highest BCUT2D eigenvalue weighted by atomic mass is 32.1. The predicted molar refractivity (Wildman–Crippen MR) is 93.5 cm³/mol. The van der Waals surface area contributed by atoms with Crippen molar-refractivity contribution in [2.45, 2.75) is 26.3 Å². The van der Waals surface area contributed by atoms with Crippen LogP contribution < -0.4 is 16.0 Å². The van der Waals surface area contributed by atoms with E-state index in [4.69, 9.17) is 4.74 Å². The Hall–Kier alpha value is -2.95. The summed E-state index contributed by atoms with van der Waals surface area (Å²) < 4.78 is 5.09. The average molecular weight is 378 g/mol. The molecule has 1 aliphatic heterocycles. The summed E-state index contributed by atoms with van der Waals surface area (Å²) in [5.74, 6) is -0.775. The van der Waals surface area contributed by atoms with Crippen molar-refractivity contribution in [1.82, 2.24) is 25.6 Å². The van der Waals surface area contributed by atoms with Gasteiger partial charge in [-0.05, 0) is 20.3 Å². The summed E-state index contributed by atoms with van der Waals surface area (Å²) in [5, 5.41) is 16.9. The van der Waals surface area contributed by atoms with E-state index in [0.717, 1.165) is 11.3 Å². The summed E-state index contributed by atoms with van der Waals surface area (Å²) in [6.45, 7) is 4.16. The Morgan fingerprint density at radius 1 is 1.42 bits per heavy atom. The Morgan fingerprint density at radius 2 is 2.15 bits per heavy atom. The molecule has 1 aliphatic rings. The summed E-state index contributed by atoms with van der Waals surface area (Å²) in [6, 6.07) is -1.16. The monoisotopic (exact) mass is 378 g/mol. The molecule has 0 aromatic carbocycles. The SMILES string of the molecule is CCOC(=O)c1c(NC(=O)N[C@H]2CCNC2=O)sc(-n2nccn2)c1C. The number of nitrogens with one attached hydrogen (secondary N) is 3. The van der Waals surface area contributed by atoms with Crippen molar-refractivity contribution in [3.8, 4) is 5.00 Å². The van der Waals surface area contributed by atoms with Crippen LogP contribution in [0.15, 0.2) is 12.4 Å². The van der Waals surface area contributed by atoms with Gasteiger partial charge >= 0.3 is 12.0 Å². The Kier molecular flexibility index (Phi) is 5.16. The first kappa shape index (κ1) is 17.9. The second-order valence-corrected chi connectivity index (χ2v) is 6.51. The van der Waals surface area contributed by atoms with Crippen LogP contribution in [0.1, 0.15) is 29.3 Å². The van der Waals surface area contributed by atoms with E-state index in [1.807, 2.05) is 0 Å². The third-order valence-electron chi connectivity index (χ3n) is 3.78. The van der Waals surface area contributed by atoms with Crippen LogP contribution in [0.4, 0.5) is 9.80 Å². The van der Waals surface area contributed by atoms with E-state index < -0.39 is 18.0 Å². The number of rotatable bonds is 5. The minimum atomic E-state index is -0.589. The van der Waals surface area contributed by atoms with Gasteiger partial charge in [-0.15, -0.1) is 4.80 Å². The average Bonchev–Trinajstić information content (AvgIpc) is 3.30. The van der Waals surface area contributed by atoms with Gasteiger partial charge < -0.3 is 15.4 Å². The van der Waals surface area contributed by atoms with Gasteiger partial charge in [0.05, 0.1) is 24.6 Å². The van der Waals surface area contributed by atoms with Crippen molar-refractivity contribution in [3.63, 3.8) is 0 Å². The molecule has 26 heavy (non-hydrogen) atoms. The van der Waals surface area contributed by atoms with Crippen molar-refractivity contribution in [3.05, 3.63) is 23.5 Å². The van der Waals surface area contributed by atoms with E-state index in [0.29, 0.717) is 28.5 Å². The summed E-state index contributed by atoms with van der Waals surface area (Å²) in [5.41, 5.74) is 0.841. The molecule has 3 amide bonds. The lowest BCUT2D eigenvalue weighted by atomic mass is 10.2. The third kappa shape index (κ3) is 3.52. The van der Waals surface area contributed by atoms with Gasteiger partial charge in [0, 0.05) is 12.1 Å². The molecule has 0 bridgehead atoms. The lowest BCUT2D eigenvalue weighted by Gasteiger charge is -2.11. The number of ether oxygens (including phenoxy) is 1. The van der Waals surface area contributed by atoms with Crippen molar-refractivity contribution < 1.29 is 19.1 Å². The van der Waals surface area contributed by atoms with Crippen LogP contribution >= 0.6 is 11.3 Å². The van der Waals surface area contributed by atoms with Gasteiger partial charge in [-0.3, -0.25) is 10.1 Å². The number of esters is 1. The van der Waals surface area contributed by atoms with Gasteiger partial charge in [0.2, 0.25) is 5.91 Å². The van der Waals surface area contributed by atoms with Gasteiger partial charge in [-0.25, -0.2) is 9.59 Å². The maximum Gasteiger partial charge on any atom is 0.341 e. The highest BCUT2D eigenvalue weighted by Crippen LogP contribution is 2.35. The van der Waals surface area contributed by atoms with Gasteiger partial charge in [-0.2, -0.15) is 10.2 Å². The molecule has 3 heterocycles. The van der Waals surface area contributed by atoms with Crippen LogP contribution in [0.25, 0.3) is 5.00 Å². The molecule has 0 saturated carbocycles. The summed E-state index contributed by atoms with van der Waals surface area (Å²) in [4.78, 5) is 37.6. The number of hydrogen-bond acceptors (Lipinski definition) is 7. The highest BCUT2D eigenvalue weighted by Gasteiger charge is 2.28. The predicted octanol–water partition coefficient (Wildman–Crippen LogP) is 0.824. The quantitative estimate of drug-likeness (QED) is 0.661. The molecule has 3 N–H and O–H groups in total. The summed E-state index contributed by atoms with van der Waals surface area (Å²) in [7, 11) is 0. The lowest BCUT2D eigenvalue weighted by Crippen LogP contribution is -2.42. The molecule has 10 nitrogen and oxygen atoms in total. The second-order valence-electron chi connectivity index (χ2n) is 5.51. The topological polar surface area (TPSA) is 127 Å². The van der Waals surface area contributed by atoms with Crippen LogP contribution in [0.5, 0.6) is 0 Å². The number of thiophene rings is 1. The molecular formula is C15H18N6O4S. The fraction of sp³-hybridized carbons (Fsp3) is 0.400. The van der Waals surface area contributed by atoms with Crippen LogP contribution in [0.3, 0.4) is 0 Å². The molecule has 138 valence electrons.